The van der Waals surface area contributed by atoms with Crippen LogP contribution in [-0.4, -0.2) is 18.1 Å². The average Bonchev–Trinajstić information content (AvgIpc) is 2.98. The van der Waals surface area contributed by atoms with Crippen LogP contribution >= 0.6 is 0 Å². The van der Waals surface area contributed by atoms with Gasteiger partial charge in [0.25, 0.3) is 0 Å². The van der Waals surface area contributed by atoms with Gasteiger partial charge >= 0.3 is 0 Å². The molecule has 0 saturated heterocycles. The van der Waals surface area contributed by atoms with E-state index in [-0.39, 0.29) is 11.7 Å². The Balaban J connectivity index is 1.92. The highest BCUT2D eigenvalue weighted by Gasteiger charge is 2.32. The van der Waals surface area contributed by atoms with Crippen molar-refractivity contribution < 1.29 is 9.53 Å². The third-order valence-electron chi connectivity index (χ3n) is 5.14. The predicted octanol–water partition coefficient (Wildman–Crippen LogP) is 6.00. The number of benzene rings is 2. The van der Waals surface area contributed by atoms with Crippen LogP contribution in [-0.2, 0) is 6.42 Å². The fraction of sp³-hybridized carbons (Fsp3) is 0.333. The molecule has 27 heavy (non-hydrogen) atoms. The summed E-state index contributed by atoms with van der Waals surface area (Å²) in [5.41, 5.74) is 5.78. The van der Waals surface area contributed by atoms with E-state index in [9.17, 15) is 4.79 Å². The van der Waals surface area contributed by atoms with E-state index in [1.807, 2.05) is 44.2 Å². The van der Waals surface area contributed by atoms with Gasteiger partial charge in [-0.25, -0.2) is 0 Å². The number of fused-ring (bicyclic) bond motifs is 1. The van der Waals surface area contributed by atoms with Crippen molar-refractivity contribution in [3.8, 4) is 5.75 Å². The van der Waals surface area contributed by atoms with Crippen LogP contribution in [0.3, 0.4) is 0 Å². The highest BCUT2D eigenvalue weighted by atomic mass is 16.5. The van der Waals surface area contributed by atoms with E-state index >= 15 is 0 Å². The minimum Gasteiger partial charge on any atom is -0.494 e. The maximum Gasteiger partial charge on any atom is 0.172 e. The molecule has 3 rings (SSSR count). The highest BCUT2D eigenvalue weighted by molar-refractivity contribution is 6.15. The second-order valence-electron chi connectivity index (χ2n) is 7.30. The van der Waals surface area contributed by atoms with E-state index in [0.29, 0.717) is 18.9 Å². The third kappa shape index (κ3) is 3.87. The number of nitrogens with zero attached hydrogens (tertiary/aromatic N) is 1. The number of Topliss-reactive ketones (excluding diaryl/α,β-unsaturated/α-hetero) is 1. The zero-order valence-corrected chi connectivity index (χ0v) is 16.6. The highest BCUT2D eigenvalue weighted by Crippen LogP contribution is 2.33. The average molecular weight is 361 g/mol. The minimum atomic E-state index is -0.211. The van der Waals surface area contributed by atoms with Crippen LogP contribution in [0, 0.1) is 5.92 Å². The number of carbonyl (C=O) groups excluding carboxylic acids is 1. The van der Waals surface area contributed by atoms with Crippen molar-refractivity contribution >= 4 is 23.3 Å². The van der Waals surface area contributed by atoms with E-state index in [4.69, 9.17) is 9.73 Å². The lowest BCUT2D eigenvalue weighted by Crippen LogP contribution is -2.17. The summed E-state index contributed by atoms with van der Waals surface area (Å²) in [6.45, 7) is 12.7. The van der Waals surface area contributed by atoms with E-state index < -0.39 is 0 Å². The lowest BCUT2D eigenvalue weighted by molar-refractivity contribution is 0.0968. The van der Waals surface area contributed by atoms with Gasteiger partial charge < -0.3 is 4.74 Å². The Bertz CT molecular complexity index is 909. The molecule has 1 atom stereocenters. The second-order valence-corrected chi connectivity index (χ2v) is 7.30. The molecule has 2 aromatic carbocycles. The Morgan fingerprint density at radius 3 is 2.74 bits per heavy atom. The maximum atomic E-state index is 12.9. The predicted molar refractivity (Wildman–Crippen MR) is 113 cm³/mol. The molecule has 0 aromatic heterocycles. The van der Waals surface area contributed by atoms with E-state index in [1.165, 1.54) is 5.56 Å². The Morgan fingerprint density at radius 1 is 1.30 bits per heavy atom. The van der Waals surface area contributed by atoms with Crippen molar-refractivity contribution in [1.82, 2.24) is 0 Å². The van der Waals surface area contributed by atoms with Crippen molar-refractivity contribution in [3.63, 3.8) is 0 Å². The molecule has 1 unspecified atom stereocenters. The molecule has 0 heterocycles. The van der Waals surface area contributed by atoms with Crippen molar-refractivity contribution in [3.05, 3.63) is 65.2 Å². The Kier molecular flexibility index (Phi) is 5.59. The van der Waals surface area contributed by atoms with Gasteiger partial charge in [-0.2, -0.15) is 0 Å². The Labute approximate surface area is 161 Å². The molecule has 0 amide bonds. The molecule has 3 heteroatoms. The molecule has 0 saturated carbocycles. The van der Waals surface area contributed by atoms with Crippen LogP contribution in [0.1, 0.15) is 60.7 Å². The molecule has 0 radical (unpaired) electrons. The van der Waals surface area contributed by atoms with E-state index in [2.05, 4.69) is 32.6 Å². The third-order valence-corrected chi connectivity index (χ3v) is 5.14. The lowest BCUT2D eigenvalue weighted by Gasteiger charge is -2.12. The molecular formula is C24H27NO2. The van der Waals surface area contributed by atoms with Crippen molar-refractivity contribution in [2.75, 3.05) is 6.61 Å². The van der Waals surface area contributed by atoms with Crippen LogP contribution in [0.25, 0.3) is 6.08 Å². The van der Waals surface area contributed by atoms with Gasteiger partial charge in [-0.05, 0) is 67.1 Å². The smallest absolute Gasteiger partial charge is 0.172 e. The van der Waals surface area contributed by atoms with Gasteiger partial charge in [-0.3, -0.25) is 9.79 Å². The van der Waals surface area contributed by atoms with Gasteiger partial charge in [0, 0.05) is 11.3 Å². The molecule has 0 spiro atoms. The lowest BCUT2D eigenvalue weighted by atomic mass is 9.98. The maximum absolute atomic E-state index is 12.9. The first-order valence-corrected chi connectivity index (χ1v) is 9.56. The van der Waals surface area contributed by atoms with E-state index in [1.54, 1.807) is 0 Å². The van der Waals surface area contributed by atoms with Gasteiger partial charge in [-0.15, -0.1) is 0 Å². The fourth-order valence-electron chi connectivity index (χ4n) is 3.53. The molecular weight excluding hydrogens is 334 g/mol. The Hall–Kier alpha value is -2.68. The number of ether oxygens (including phenoxy) is 1. The first-order chi connectivity index (χ1) is 12.9. The topological polar surface area (TPSA) is 38.7 Å². The second kappa shape index (κ2) is 7.91. The molecule has 140 valence electrons. The number of ketones is 1. The largest absolute Gasteiger partial charge is 0.494 e. The first kappa shape index (κ1) is 19.1. The normalized spacial score (nSPS) is 16.6. The monoisotopic (exact) mass is 361 g/mol. The van der Waals surface area contributed by atoms with Crippen molar-refractivity contribution in [2.45, 2.75) is 40.0 Å². The van der Waals surface area contributed by atoms with Crippen LogP contribution in [0.15, 0.2) is 48.0 Å². The number of rotatable bonds is 6. The summed E-state index contributed by atoms with van der Waals surface area (Å²) in [6.07, 6.45) is 2.49. The number of aliphatic imine (C=N–C) groups is 1. The summed E-state index contributed by atoms with van der Waals surface area (Å²) in [6, 6.07) is 12.0. The standard InChI is InChI=1S/C24H27NO2/c1-6-17-8-9-18(15(3)4)14-23(17)25-16(5)22-13-19-12-20(27-7-2)10-11-21(19)24(22)26/h6,8-12,14-15,22H,1,7,13H2,2-5H3. The number of carbonyl (C=O) groups is 1. The molecule has 0 N–H and O–H groups in total. The van der Waals surface area contributed by atoms with Crippen LogP contribution in [0.2, 0.25) is 0 Å². The zero-order chi connectivity index (χ0) is 19.6. The first-order valence-electron chi connectivity index (χ1n) is 9.56. The molecule has 1 aliphatic rings. The van der Waals surface area contributed by atoms with Gasteiger partial charge in [0.1, 0.15) is 5.75 Å². The van der Waals surface area contributed by atoms with E-state index in [0.717, 1.165) is 33.8 Å². The van der Waals surface area contributed by atoms with Gasteiger partial charge in [0.05, 0.1) is 18.2 Å². The Morgan fingerprint density at radius 2 is 2.07 bits per heavy atom. The van der Waals surface area contributed by atoms with Gasteiger partial charge in [-0.1, -0.05) is 38.6 Å². The zero-order valence-electron chi connectivity index (χ0n) is 16.6. The van der Waals surface area contributed by atoms with Crippen LogP contribution in [0.5, 0.6) is 5.75 Å². The SMILES string of the molecule is C=Cc1ccc(C(C)C)cc1N=C(C)C1Cc2cc(OCC)ccc2C1=O. The minimum absolute atomic E-state index is 0.148. The summed E-state index contributed by atoms with van der Waals surface area (Å²) in [4.78, 5) is 17.7. The summed E-state index contributed by atoms with van der Waals surface area (Å²) >= 11 is 0. The molecule has 0 bridgehead atoms. The summed E-state index contributed by atoms with van der Waals surface area (Å²) in [7, 11) is 0. The molecule has 2 aromatic rings. The van der Waals surface area contributed by atoms with Crippen LogP contribution < -0.4 is 4.74 Å². The molecule has 0 fully saturated rings. The van der Waals surface area contributed by atoms with Gasteiger partial charge in [0.15, 0.2) is 5.78 Å². The summed E-state index contributed by atoms with van der Waals surface area (Å²) < 4.78 is 5.57. The number of hydrogen-bond acceptors (Lipinski definition) is 3. The van der Waals surface area contributed by atoms with Gasteiger partial charge in [0.2, 0.25) is 0 Å². The fourth-order valence-corrected chi connectivity index (χ4v) is 3.53. The van der Waals surface area contributed by atoms with Crippen molar-refractivity contribution in [2.24, 2.45) is 10.9 Å². The summed E-state index contributed by atoms with van der Waals surface area (Å²) in [5, 5.41) is 0. The molecule has 0 aliphatic heterocycles. The number of hydrogen-bond donors (Lipinski definition) is 0. The van der Waals surface area contributed by atoms with Crippen LogP contribution in [0.4, 0.5) is 5.69 Å². The molecule has 3 nitrogen and oxygen atoms in total. The summed E-state index contributed by atoms with van der Waals surface area (Å²) in [5.74, 6) is 1.18. The quantitative estimate of drug-likeness (QED) is 0.592. The van der Waals surface area contributed by atoms with Crippen molar-refractivity contribution in [1.29, 1.82) is 0 Å². The molecule has 1 aliphatic carbocycles.